The first-order chi connectivity index (χ1) is 13.1. The van der Waals surface area contributed by atoms with E-state index in [1.54, 1.807) is 17.8 Å². The van der Waals surface area contributed by atoms with Gasteiger partial charge in [-0.05, 0) is 43.2 Å². The maximum atomic E-state index is 12.7. The van der Waals surface area contributed by atoms with Crippen molar-refractivity contribution in [2.45, 2.75) is 51.0 Å². The van der Waals surface area contributed by atoms with E-state index in [2.05, 4.69) is 27.9 Å². The van der Waals surface area contributed by atoms with Gasteiger partial charge in [0.15, 0.2) is 5.69 Å². The summed E-state index contributed by atoms with van der Waals surface area (Å²) in [7, 11) is 1.75. The number of nitrogens with zero attached hydrogens (tertiary/aromatic N) is 2. The number of fused-ring (bicyclic) bond motifs is 1. The van der Waals surface area contributed by atoms with Crippen LogP contribution in [0.1, 0.15) is 66.2 Å². The second-order valence-electron chi connectivity index (χ2n) is 7.63. The number of carbonyl (C=O) groups is 2. The van der Waals surface area contributed by atoms with Crippen LogP contribution in [0.2, 0.25) is 0 Å². The van der Waals surface area contributed by atoms with Crippen molar-refractivity contribution < 1.29 is 9.59 Å². The molecular formula is C21H26N4O2. The Hall–Kier alpha value is -2.63. The lowest BCUT2D eigenvalue weighted by Crippen LogP contribution is -2.31. The van der Waals surface area contributed by atoms with Gasteiger partial charge in [0.1, 0.15) is 5.82 Å². The molecule has 0 spiro atoms. The zero-order valence-electron chi connectivity index (χ0n) is 15.7. The molecule has 1 saturated carbocycles. The molecule has 142 valence electrons. The van der Waals surface area contributed by atoms with Crippen LogP contribution in [0.25, 0.3) is 0 Å². The first-order valence-electron chi connectivity index (χ1n) is 9.85. The van der Waals surface area contributed by atoms with E-state index in [4.69, 9.17) is 0 Å². The molecule has 1 aromatic carbocycles. The smallest absolute Gasteiger partial charge is 0.272 e. The lowest BCUT2D eigenvalue weighted by atomic mass is 9.88. The van der Waals surface area contributed by atoms with Crippen LogP contribution in [-0.4, -0.2) is 21.6 Å². The Kier molecular flexibility index (Phi) is 4.97. The molecule has 0 saturated heterocycles. The summed E-state index contributed by atoms with van der Waals surface area (Å²) in [5.41, 5.74) is 2.84. The van der Waals surface area contributed by atoms with Gasteiger partial charge >= 0.3 is 0 Å². The van der Waals surface area contributed by atoms with Crippen LogP contribution < -0.4 is 10.6 Å². The predicted octanol–water partition coefficient (Wildman–Crippen LogP) is 3.36. The van der Waals surface area contributed by atoms with Crippen molar-refractivity contribution in [3.63, 3.8) is 0 Å². The molecule has 2 aliphatic carbocycles. The summed E-state index contributed by atoms with van der Waals surface area (Å²) in [5, 5.41) is 10.3. The van der Waals surface area contributed by atoms with Gasteiger partial charge in [0.2, 0.25) is 5.91 Å². The number of carbonyl (C=O) groups excluding carboxylic acids is 2. The number of benzene rings is 1. The molecule has 2 aromatic rings. The van der Waals surface area contributed by atoms with Crippen LogP contribution in [-0.2, 0) is 18.3 Å². The molecule has 6 nitrogen and oxygen atoms in total. The third kappa shape index (κ3) is 3.75. The standard InChI is InChI=1S/C21H26N4O2/c1-25-19(23-20(26)15-8-2-3-9-15)13-18(24-25)21(27)22-17-12-6-10-14-7-4-5-11-16(14)17/h4-5,7,11,13,15,17H,2-3,6,8-10,12H2,1H3,(H,22,27)(H,23,26). The van der Waals surface area contributed by atoms with Crippen LogP contribution >= 0.6 is 0 Å². The predicted molar refractivity (Wildman–Crippen MR) is 103 cm³/mol. The van der Waals surface area contributed by atoms with Gasteiger partial charge in [0.05, 0.1) is 6.04 Å². The zero-order chi connectivity index (χ0) is 18.8. The van der Waals surface area contributed by atoms with E-state index >= 15 is 0 Å². The number of nitrogens with one attached hydrogen (secondary N) is 2. The van der Waals surface area contributed by atoms with E-state index in [0.717, 1.165) is 44.9 Å². The molecular weight excluding hydrogens is 340 g/mol. The van der Waals surface area contributed by atoms with Crippen molar-refractivity contribution >= 4 is 17.6 Å². The second-order valence-corrected chi connectivity index (χ2v) is 7.63. The molecule has 6 heteroatoms. The highest BCUT2D eigenvalue weighted by Gasteiger charge is 2.25. The van der Waals surface area contributed by atoms with Gasteiger partial charge in [-0.3, -0.25) is 14.3 Å². The fourth-order valence-electron chi connectivity index (χ4n) is 4.25. The van der Waals surface area contributed by atoms with Crippen molar-refractivity contribution in [1.29, 1.82) is 0 Å². The van der Waals surface area contributed by atoms with E-state index in [9.17, 15) is 9.59 Å². The Morgan fingerprint density at radius 3 is 2.70 bits per heavy atom. The SMILES string of the molecule is Cn1nc(C(=O)NC2CCCc3ccccc32)cc1NC(=O)C1CCCC1. The quantitative estimate of drug-likeness (QED) is 0.871. The molecule has 0 bridgehead atoms. The number of rotatable bonds is 4. The molecule has 1 heterocycles. The number of aryl methyl sites for hydroxylation is 2. The minimum Gasteiger partial charge on any atom is -0.344 e. The van der Waals surface area contributed by atoms with E-state index in [1.807, 2.05) is 12.1 Å². The van der Waals surface area contributed by atoms with Gasteiger partial charge < -0.3 is 10.6 Å². The Morgan fingerprint density at radius 2 is 1.89 bits per heavy atom. The van der Waals surface area contributed by atoms with E-state index < -0.39 is 0 Å². The Labute approximate surface area is 159 Å². The number of anilines is 1. The van der Waals surface area contributed by atoms with Gasteiger partial charge in [-0.2, -0.15) is 5.10 Å². The van der Waals surface area contributed by atoms with Gasteiger partial charge in [-0.15, -0.1) is 0 Å². The molecule has 1 unspecified atom stereocenters. The molecule has 27 heavy (non-hydrogen) atoms. The lowest BCUT2D eigenvalue weighted by Gasteiger charge is -2.26. The van der Waals surface area contributed by atoms with Crippen LogP contribution in [0.3, 0.4) is 0 Å². The molecule has 2 N–H and O–H groups in total. The van der Waals surface area contributed by atoms with Gasteiger partial charge in [-0.25, -0.2) is 0 Å². The summed E-state index contributed by atoms with van der Waals surface area (Å²) < 4.78 is 1.57. The van der Waals surface area contributed by atoms with Gasteiger partial charge in [-0.1, -0.05) is 37.1 Å². The minimum absolute atomic E-state index is 0.0148. The molecule has 1 aromatic heterocycles. The average Bonchev–Trinajstić information content (AvgIpc) is 3.33. The highest BCUT2D eigenvalue weighted by molar-refractivity contribution is 5.96. The van der Waals surface area contributed by atoms with Gasteiger partial charge in [0.25, 0.3) is 5.91 Å². The normalized spacial score (nSPS) is 19.5. The first-order valence-corrected chi connectivity index (χ1v) is 9.85. The fourth-order valence-corrected chi connectivity index (χ4v) is 4.25. The third-order valence-corrected chi connectivity index (χ3v) is 5.76. The molecule has 0 radical (unpaired) electrons. The Bertz CT molecular complexity index is 852. The van der Waals surface area contributed by atoms with Crippen molar-refractivity contribution in [2.75, 3.05) is 5.32 Å². The highest BCUT2D eigenvalue weighted by Crippen LogP contribution is 2.30. The van der Waals surface area contributed by atoms with Crippen molar-refractivity contribution in [1.82, 2.24) is 15.1 Å². The molecule has 0 aliphatic heterocycles. The lowest BCUT2D eigenvalue weighted by molar-refractivity contribution is -0.119. The van der Waals surface area contributed by atoms with Gasteiger partial charge in [0, 0.05) is 19.0 Å². The maximum Gasteiger partial charge on any atom is 0.272 e. The van der Waals surface area contributed by atoms with Crippen molar-refractivity contribution in [3.8, 4) is 0 Å². The zero-order valence-corrected chi connectivity index (χ0v) is 15.7. The van der Waals surface area contributed by atoms with Crippen molar-refractivity contribution in [2.24, 2.45) is 13.0 Å². The third-order valence-electron chi connectivity index (χ3n) is 5.76. The highest BCUT2D eigenvalue weighted by atomic mass is 16.2. The monoisotopic (exact) mass is 366 g/mol. The number of hydrogen-bond donors (Lipinski definition) is 2. The summed E-state index contributed by atoms with van der Waals surface area (Å²) >= 11 is 0. The van der Waals surface area contributed by atoms with Crippen LogP contribution in [0.5, 0.6) is 0 Å². The van der Waals surface area contributed by atoms with E-state index in [1.165, 1.54) is 11.1 Å². The summed E-state index contributed by atoms with van der Waals surface area (Å²) in [6.07, 6.45) is 7.16. The van der Waals surface area contributed by atoms with E-state index in [0.29, 0.717) is 11.5 Å². The van der Waals surface area contributed by atoms with Crippen LogP contribution in [0.4, 0.5) is 5.82 Å². The fraction of sp³-hybridized carbons (Fsp3) is 0.476. The number of aromatic nitrogens is 2. The molecule has 2 amide bonds. The minimum atomic E-state index is -0.200. The van der Waals surface area contributed by atoms with E-state index in [-0.39, 0.29) is 23.8 Å². The Balaban J connectivity index is 1.45. The number of hydrogen-bond acceptors (Lipinski definition) is 3. The average molecular weight is 366 g/mol. The molecule has 2 aliphatic rings. The van der Waals surface area contributed by atoms with Crippen LogP contribution in [0, 0.1) is 5.92 Å². The van der Waals surface area contributed by atoms with Crippen LogP contribution in [0.15, 0.2) is 30.3 Å². The molecule has 4 rings (SSSR count). The summed E-state index contributed by atoms with van der Waals surface area (Å²) in [4.78, 5) is 25.1. The first kappa shape index (κ1) is 17.8. The van der Waals surface area contributed by atoms with Crippen molar-refractivity contribution in [3.05, 3.63) is 47.2 Å². The molecule has 1 atom stereocenters. The largest absolute Gasteiger partial charge is 0.344 e. The topological polar surface area (TPSA) is 76.0 Å². The number of amides is 2. The Morgan fingerprint density at radius 1 is 1.11 bits per heavy atom. The summed E-state index contributed by atoms with van der Waals surface area (Å²) in [5.74, 6) is 0.481. The molecule has 1 fully saturated rings. The summed E-state index contributed by atoms with van der Waals surface area (Å²) in [6, 6.07) is 9.95. The maximum absolute atomic E-state index is 12.7. The second kappa shape index (κ2) is 7.55. The summed E-state index contributed by atoms with van der Waals surface area (Å²) in [6.45, 7) is 0.